The summed E-state index contributed by atoms with van der Waals surface area (Å²) in [6, 6.07) is 15.7. The number of carbonyl (C=O) groups excluding carboxylic acids is 2. The van der Waals surface area contributed by atoms with Gasteiger partial charge >= 0.3 is 12.1 Å². The van der Waals surface area contributed by atoms with Crippen LogP contribution >= 0.6 is 0 Å². The molecule has 4 aliphatic rings. The quantitative estimate of drug-likeness (QED) is 0.564. The van der Waals surface area contributed by atoms with E-state index in [1.165, 1.54) is 22.3 Å². The Kier molecular flexibility index (Phi) is 5.50. The number of carboxylic acids is 1. The first-order valence-electron chi connectivity index (χ1n) is 12.6. The van der Waals surface area contributed by atoms with Crippen LogP contribution in [0.1, 0.15) is 49.1 Å². The number of nitrogens with one attached hydrogen (secondary N) is 2. The summed E-state index contributed by atoms with van der Waals surface area (Å²) in [6.07, 6.45) is 3.59. The molecule has 0 aromatic heterocycles. The first-order chi connectivity index (χ1) is 17.0. The fourth-order valence-corrected chi connectivity index (χ4v) is 6.48. The van der Waals surface area contributed by atoms with E-state index in [0.717, 1.165) is 25.7 Å². The number of carbonyl (C=O) groups is 3. The minimum Gasteiger partial charge on any atom is -0.480 e. The maximum atomic E-state index is 12.7. The van der Waals surface area contributed by atoms with Crippen LogP contribution in [0.4, 0.5) is 4.79 Å². The largest absolute Gasteiger partial charge is 0.480 e. The summed E-state index contributed by atoms with van der Waals surface area (Å²) in [7, 11) is 0. The second kappa shape index (κ2) is 8.70. The van der Waals surface area contributed by atoms with Gasteiger partial charge in [0.1, 0.15) is 12.6 Å². The van der Waals surface area contributed by atoms with Crippen molar-refractivity contribution in [1.29, 1.82) is 0 Å². The molecule has 2 aromatic carbocycles. The number of fused-ring (bicyclic) bond motifs is 4. The Morgan fingerprint density at radius 1 is 0.943 bits per heavy atom. The van der Waals surface area contributed by atoms with E-state index in [-0.39, 0.29) is 42.2 Å². The molecule has 182 valence electrons. The summed E-state index contributed by atoms with van der Waals surface area (Å²) in [5.41, 5.74) is 4.75. The Morgan fingerprint density at radius 3 is 2.23 bits per heavy atom. The van der Waals surface area contributed by atoms with Gasteiger partial charge in [0, 0.05) is 17.9 Å². The van der Waals surface area contributed by atoms with Gasteiger partial charge in [-0.1, -0.05) is 48.5 Å². The minimum absolute atomic E-state index is 0.00662. The third-order valence-electron chi connectivity index (χ3n) is 8.50. The summed E-state index contributed by atoms with van der Waals surface area (Å²) in [4.78, 5) is 36.8. The molecule has 7 nitrogen and oxygen atoms in total. The van der Waals surface area contributed by atoms with Crippen molar-refractivity contribution in [2.24, 2.45) is 23.7 Å². The van der Waals surface area contributed by atoms with Crippen molar-refractivity contribution in [2.75, 3.05) is 6.61 Å². The van der Waals surface area contributed by atoms with Crippen LogP contribution in [0, 0.1) is 23.7 Å². The predicted octanol–water partition coefficient (Wildman–Crippen LogP) is 3.92. The molecule has 2 aromatic rings. The smallest absolute Gasteiger partial charge is 0.407 e. The highest BCUT2D eigenvalue weighted by atomic mass is 16.5. The van der Waals surface area contributed by atoms with Crippen molar-refractivity contribution in [2.45, 2.75) is 50.1 Å². The topological polar surface area (TPSA) is 105 Å². The Hall–Kier alpha value is -3.35. The van der Waals surface area contributed by atoms with Gasteiger partial charge in [-0.25, -0.2) is 9.59 Å². The molecule has 3 saturated carbocycles. The molecule has 0 bridgehead atoms. The van der Waals surface area contributed by atoms with Gasteiger partial charge < -0.3 is 20.5 Å². The van der Waals surface area contributed by atoms with Crippen molar-refractivity contribution < 1.29 is 24.2 Å². The Balaban J connectivity index is 1.02. The summed E-state index contributed by atoms with van der Waals surface area (Å²) >= 11 is 0. The fourth-order valence-electron chi connectivity index (χ4n) is 6.48. The molecule has 4 aliphatic carbocycles. The molecule has 2 amide bonds. The van der Waals surface area contributed by atoms with E-state index in [9.17, 15) is 19.5 Å². The van der Waals surface area contributed by atoms with Gasteiger partial charge in [-0.05, 0) is 72.1 Å². The van der Waals surface area contributed by atoms with Crippen LogP contribution in [-0.4, -0.2) is 41.8 Å². The highest BCUT2D eigenvalue weighted by Gasteiger charge is 2.51. The van der Waals surface area contributed by atoms with Crippen LogP contribution in [0.5, 0.6) is 0 Å². The lowest BCUT2D eigenvalue weighted by Crippen LogP contribution is -2.50. The standard InChI is InChI=1S/C28H30N2O5/c31-26(30-25(27(32)33)15-9-10-15)17-11-16-13-24(22(16)12-17)29-28(34)35-14-23-20-7-3-1-5-18(20)19-6-2-4-8-21(19)23/h1-8,15-17,22-25H,9-14H2,(H,29,34)(H,30,31)(H,32,33)/t16-,17?,22-,24+,25?/m0/s1. The lowest BCUT2D eigenvalue weighted by molar-refractivity contribution is -0.143. The van der Waals surface area contributed by atoms with E-state index in [1.54, 1.807) is 0 Å². The molecule has 0 saturated heterocycles. The summed E-state index contributed by atoms with van der Waals surface area (Å²) in [5.74, 6) is -0.549. The van der Waals surface area contributed by atoms with Gasteiger partial charge in [-0.2, -0.15) is 0 Å². The van der Waals surface area contributed by atoms with E-state index in [4.69, 9.17) is 4.74 Å². The molecular formula is C28H30N2O5. The molecule has 0 heterocycles. The van der Waals surface area contributed by atoms with Gasteiger partial charge in [-0.3, -0.25) is 4.79 Å². The minimum atomic E-state index is -0.948. The van der Waals surface area contributed by atoms with E-state index >= 15 is 0 Å². The number of benzene rings is 2. The first-order valence-corrected chi connectivity index (χ1v) is 12.6. The Bertz CT molecular complexity index is 1130. The molecule has 2 unspecified atom stereocenters. The third-order valence-corrected chi connectivity index (χ3v) is 8.50. The molecule has 3 N–H and O–H groups in total. The molecule has 3 fully saturated rings. The van der Waals surface area contributed by atoms with Crippen LogP contribution in [0.15, 0.2) is 48.5 Å². The normalized spacial score (nSPS) is 27.1. The average Bonchev–Trinajstić information content (AvgIpc) is 3.56. The van der Waals surface area contributed by atoms with E-state index in [2.05, 4.69) is 34.9 Å². The number of carboxylic acid groups (broad SMARTS) is 1. The van der Waals surface area contributed by atoms with E-state index in [0.29, 0.717) is 12.3 Å². The van der Waals surface area contributed by atoms with E-state index in [1.807, 2.05) is 24.3 Å². The number of rotatable bonds is 7. The second-order valence-corrected chi connectivity index (χ2v) is 10.6. The number of hydrogen-bond donors (Lipinski definition) is 3. The van der Waals surface area contributed by atoms with Gasteiger partial charge in [0.05, 0.1) is 0 Å². The molecule has 6 rings (SSSR count). The van der Waals surface area contributed by atoms with E-state index < -0.39 is 18.1 Å². The summed E-state index contributed by atoms with van der Waals surface area (Å²) in [6.45, 7) is 0.281. The number of ether oxygens (including phenoxy) is 1. The van der Waals surface area contributed by atoms with Crippen molar-refractivity contribution in [3.63, 3.8) is 0 Å². The molecule has 0 radical (unpaired) electrons. The first kappa shape index (κ1) is 22.1. The Morgan fingerprint density at radius 2 is 1.60 bits per heavy atom. The van der Waals surface area contributed by atoms with Gasteiger partial charge in [0.15, 0.2) is 0 Å². The van der Waals surface area contributed by atoms with Crippen molar-refractivity contribution >= 4 is 18.0 Å². The maximum absolute atomic E-state index is 12.7. The zero-order chi connectivity index (χ0) is 24.1. The fraction of sp³-hybridized carbons (Fsp3) is 0.464. The van der Waals surface area contributed by atoms with Gasteiger partial charge in [-0.15, -0.1) is 0 Å². The van der Waals surface area contributed by atoms with Gasteiger partial charge in [0.25, 0.3) is 0 Å². The predicted molar refractivity (Wildman–Crippen MR) is 129 cm³/mol. The highest BCUT2D eigenvalue weighted by Crippen LogP contribution is 2.50. The van der Waals surface area contributed by atoms with Crippen LogP contribution in [0.25, 0.3) is 11.1 Å². The van der Waals surface area contributed by atoms with Gasteiger partial charge in [0.2, 0.25) is 5.91 Å². The van der Waals surface area contributed by atoms with Crippen molar-refractivity contribution in [3.05, 3.63) is 59.7 Å². The monoisotopic (exact) mass is 474 g/mol. The van der Waals surface area contributed by atoms with Crippen molar-refractivity contribution in [1.82, 2.24) is 10.6 Å². The lowest BCUT2D eigenvalue weighted by Gasteiger charge is -2.40. The number of alkyl carbamates (subject to hydrolysis) is 1. The summed E-state index contributed by atoms with van der Waals surface area (Å²) < 4.78 is 5.69. The van der Waals surface area contributed by atoms with Crippen LogP contribution in [0.2, 0.25) is 0 Å². The SMILES string of the molecule is O=C(N[C@@H]1C[C@@H]2CC(C(=O)NC(C(=O)O)C3CC3)C[C@@H]21)OCC1c2ccccc2-c2ccccc21. The Labute approximate surface area is 204 Å². The molecule has 7 heteroatoms. The van der Waals surface area contributed by atoms with Crippen LogP contribution in [-0.2, 0) is 14.3 Å². The lowest BCUT2D eigenvalue weighted by atomic mass is 9.71. The van der Waals surface area contributed by atoms with Crippen LogP contribution < -0.4 is 10.6 Å². The van der Waals surface area contributed by atoms with Crippen molar-refractivity contribution in [3.8, 4) is 11.1 Å². The zero-order valence-corrected chi connectivity index (χ0v) is 19.5. The zero-order valence-electron chi connectivity index (χ0n) is 19.5. The molecule has 0 aliphatic heterocycles. The number of amides is 2. The highest BCUT2D eigenvalue weighted by molar-refractivity contribution is 5.85. The molecular weight excluding hydrogens is 444 g/mol. The number of hydrogen-bond acceptors (Lipinski definition) is 4. The van der Waals surface area contributed by atoms with Crippen LogP contribution in [0.3, 0.4) is 0 Å². The maximum Gasteiger partial charge on any atom is 0.407 e. The molecule has 0 spiro atoms. The third kappa shape index (κ3) is 4.07. The second-order valence-electron chi connectivity index (χ2n) is 10.6. The molecule has 5 atom stereocenters. The number of aliphatic carboxylic acids is 1. The summed E-state index contributed by atoms with van der Waals surface area (Å²) in [5, 5.41) is 15.2. The average molecular weight is 475 g/mol. The molecule has 35 heavy (non-hydrogen) atoms.